The van der Waals surface area contributed by atoms with Gasteiger partial charge in [-0.1, -0.05) is 12.1 Å². The van der Waals surface area contributed by atoms with E-state index in [1.165, 1.54) is 30.5 Å². The molecule has 3 aromatic rings. The van der Waals surface area contributed by atoms with E-state index in [0.29, 0.717) is 17.2 Å². The Kier molecular flexibility index (Phi) is 6.10. The van der Waals surface area contributed by atoms with Crippen LogP contribution >= 0.6 is 0 Å². The van der Waals surface area contributed by atoms with E-state index in [4.69, 9.17) is 9.52 Å². The predicted molar refractivity (Wildman–Crippen MR) is 108 cm³/mol. The quantitative estimate of drug-likeness (QED) is 0.385. The second-order valence-electron chi connectivity index (χ2n) is 6.12. The molecule has 1 aromatic heterocycles. The standard InChI is InChI=1S/C20H19N3O5S/c1-14(22-23-17-8-4-16(5-9-17)20(24)25)15-6-10-19(11-7-15)29(26,27)21-13-18-3-2-12-28-18/h2-12,21,23H,13H2,1H3,(H,24,25). The first kappa shape index (κ1) is 20.3. The van der Waals surface area contributed by atoms with Crippen molar-refractivity contribution in [2.24, 2.45) is 5.10 Å². The Bertz CT molecular complexity index is 1100. The normalized spacial score (nSPS) is 12.0. The molecule has 0 amide bonds. The van der Waals surface area contributed by atoms with Crippen LogP contribution < -0.4 is 10.1 Å². The number of furan rings is 1. The van der Waals surface area contributed by atoms with Gasteiger partial charge in [-0.05, 0) is 61.0 Å². The van der Waals surface area contributed by atoms with Gasteiger partial charge in [-0.2, -0.15) is 5.10 Å². The maximum atomic E-state index is 12.4. The zero-order valence-corrected chi connectivity index (χ0v) is 16.3. The van der Waals surface area contributed by atoms with Crippen molar-refractivity contribution in [3.63, 3.8) is 0 Å². The molecule has 0 saturated heterocycles. The Morgan fingerprint density at radius 1 is 1.03 bits per heavy atom. The van der Waals surface area contributed by atoms with Gasteiger partial charge in [0.05, 0.1) is 34.7 Å². The number of nitrogens with zero attached hydrogens (tertiary/aromatic N) is 1. The maximum Gasteiger partial charge on any atom is 0.335 e. The Balaban J connectivity index is 1.65. The summed E-state index contributed by atoms with van der Waals surface area (Å²) < 4.78 is 32.3. The smallest absolute Gasteiger partial charge is 0.335 e. The molecular formula is C20H19N3O5S. The van der Waals surface area contributed by atoms with Crippen molar-refractivity contribution in [2.45, 2.75) is 18.4 Å². The van der Waals surface area contributed by atoms with Gasteiger partial charge in [0.15, 0.2) is 0 Å². The van der Waals surface area contributed by atoms with Gasteiger partial charge in [-0.25, -0.2) is 17.9 Å². The molecule has 29 heavy (non-hydrogen) atoms. The molecule has 0 radical (unpaired) electrons. The Labute approximate surface area is 167 Å². The van der Waals surface area contributed by atoms with Crippen LogP contribution in [-0.4, -0.2) is 25.2 Å². The van der Waals surface area contributed by atoms with Crippen LogP contribution in [0.15, 0.2) is 81.3 Å². The third-order valence-corrected chi connectivity index (χ3v) is 5.50. The minimum atomic E-state index is -3.66. The molecule has 0 atom stereocenters. The number of aromatic carboxylic acids is 1. The summed E-state index contributed by atoms with van der Waals surface area (Å²) in [6.07, 6.45) is 1.48. The molecule has 0 unspecified atom stereocenters. The number of anilines is 1. The van der Waals surface area contributed by atoms with Crippen LogP contribution in [0.5, 0.6) is 0 Å². The lowest BCUT2D eigenvalue weighted by atomic mass is 10.1. The van der Waals surface area contributed by atoms with Crippen LogP contribution in [0, 0.1) is 0 Å². The summed E-state index contributed by atoms with van der Waals surface area (Å²) in [4.78, 5) is 11.0. The van der Waals surface area contributed by atoms with Crippen molar-refractivity contribution in [2.75, 3.05) is 5.43 Å². The molecule has 0 aliphatic rings. The summed E-state index contributed by atoms with van der Waals surface area (Å²) in [6.45, 7) is 1.85. The lowest BCUT2D eigenvalue weighted by Gasteiger charge is -2.07. The molecule has 2 aromatic carbocycles. The van der Waals surface area contributed by atoms with Crippen LogP contribution in [0.25, 0.3) is 0 Å². The molecule has 9 heteroatoms. The van der Waals surface area contributed by atoms with Gasteiger partial charge in [0.25, 0.3) is 0 Å². The van der Waals surface area contributed by atoms with Crippen molar-refractivity contribution in [1.82, 2.24) is 4.72 Å². The van der Waals surface area contributed by atoms with E-state index < -0.39 is 16.0 Å². The number of benzene rings is 2. The van der Waals surface area contributed by atoms with Crippen LogP contribution in [-0.2, 0) is 16.6 Å². The van der Waals surface area contributed by atoms with Gasteiger partial charge in [0.2, 0.25) is 10.0 Å². The highest BCUT2D eigenvalue weighted by molar-refractivity contribution is 7.89. The zero-order chi connectivity index (χ0) is 20.9. The van der Waals surface area contributed by atoms with Gasteiger partial charge in [0, 0.05) is 0 Å². The van der Waals surface area contributed by atoms with E-state index >= 15 is 0 Å². The SMILES string of the molecule is CC(=NNc1ccc(C(=O)O)cc1)c1ccc(S(=O)(=O)NCc2ccco2)cc1. The maximum absolute atomic E-state index is 12.4. The van der Waals surface area contributed by atoms with Crippen molar-refractivity contribution in [3.05, 3.63) is 83.8 Å². The van der Waals surface area contributed by atoms with Gasteiger partial charge in [-0.15, -0.1) is 0 Å². The molecule has 150 valence electrons. The second-order valence-corrected chi connectivity index (χ2v) is 7.89. The lowest BCUT2D eigenvalue weighted by Crippen LogP contribution is -2.23. The summed E-state index contributed by atoms with van der Waals surface area (Å²) in [6, 6.07) is 15.9. The number of sulfonamides is 1. The molecule has 0 fully saturated rings. The molecule has 1 heterocycles. The van der Waals surface area contributed by atoms with Gasteiger partial charge in [0.1, 0.15) is 5.76 Å². The molecule has 0 saturated carbocycles. The predicted octanol–water partition coefficient (Wildman–Crippen LogP) is 3.29. The van der Waals surface area contributed by atoms with Crippen molar-refractivity contribution >= 4 is 27.4 Å². The number of rotatable bonds is 8. The molecular weight excluding hydrogens is 394 g/mol. The third kappa shape index (κ3) is 5.31. The first-order chi connectivity index (χ1) is 13.8. The average molecular weight is 413 g/mol. The monoisotopic (exact) mass is 413 g/mol. The third-order valence-electron chi connectivity index (χ3n) is 4.08. The summed E-state index contributed by atoms with van der Waals surface area (Å²) >= 11 is 0. The summed E-state index contributed by atoms with van der Waals surface area (Å²) in [5, 5.41) is 13.1. The molecule has 0 bridgehead atoms. The van der Waals surface area contributed by atoms with E-state index in [1.807, 2.05) is 0 Å². The van der Waals surface area contributed by atoms with E-state index in [-0.39, 0.29) is 17.0 Å². The topological polar surface area (TPSA) is 121 Å². The fourth-order valence-corrected chi connectivity index (χ4v) is 3.43. The van der Waals surface area contributed by atoms with Gasteiger partial charge >= 0.3 is 5.97 Å². The van der Waals surface area contributed by atoms with Gasteiger partial charge in [-0.3, -0.25) is 5.43 Å². The summed E-state index contributed by atoms with van der Waals surface area (Å²) in [5.41, 5.74) is 5.05. The number of hydrogen-bond donors (Lipinski definition) is 3. The van der Waals surface area contributed by atoms with E-state index in [2.05, 4.69) is 15.2 Å². The van der Waals surface area contributed by atoms with Gasteiger partial charge < -0.3 is 9.52 Å². The Hall–Kier alpha value is -3.43. The molecule has 3 rings (SSSR count). The first-order valence-corrected chi connectivity index (χ1v) is 10.1. The molecule has 0 spiro atoms. The largest absolute Gasteiger partial charge is 0.478 e. The zero-order valence-electron chi connectivity index (χ0n) is 15.5. The van der Waals surface area contributed by atoms with Crippen LogP contribution in [0.3, 0.4) is 0 Å². The molecule has 3 N–H and O–H groups in total. The van der Waals surface area contributed by atoms with E-state index in [9.17, 15) is 13.2 Å². The van der Waals surface area contributed by atoms with Crippen LogP contribution in [0.1, 0.15) is 28.6 Å². The second kappa shape index (κ2) is 8.72. The van der Waals surface area contributed by atoms with Crippen molar-refractivity contribution < 1.29 is 22.7 Å². The van der Waals surface area contributed by atoms with Crippen molar-refractivity contribution in [1.29, 1.82) is 0 Å². The number of hydrazone groups is 1. The van der Waals surface area contributed by atoms with Crippen LogP contribution in [0.4, 0.5) is 5.69 Å². The fraction of sp³-hybridized carbons (Fsp3) is 0.100. The highest BCUT2D eigenvalue weighted by Gasteiger charge is 2.14. The van der Waals surface area contributed by atoms with E-state index in [1.54, 1.807) is 43.3 Å². The summed E-state index contributed by atoms with van der Waals surface area (Å²) in [7, 11) is -3.66. The highest BCUT2D eigenvalue weighted by Crippen LogP contribution is 2.14. The summed E-state index contributed by atoms with van der Waals surface area (Å²) in [5.74, 6) is -0.472. The number of nitrogens with one attached hydrogen (secondary N) is 2. The molecule has 0 aliphatic carbocycles. The molecule has 8 nitrogen and oxygen atoms in total. The van der Waals surface area contributed by atoms with Crippen LogP contribution in [0.2, 0.25) is 0 Å². The number of carboxylic acids is 1. The first-order valence-electron chi connectivity index (χ1n) is 8.61. The Morgan fingerprint density at radius 2 is 1.69 bits per heavy atom. The minimum absolute atomic E-state index is 0.0716. The highest BCUT2D eigenvalue weighted by atomic mass is 32.2. The number of carboxylic acid groups (broad SMARTS) is 1. The number of carbonyl (C=O) groups is 1. The van der Waals surface area contributed by atoms with Crippen molar-refractivity contribution in [3.8, 4) is 0 Å². The fourth-order valence-electron chi connectivity index (χ4n) is 2.44. The van der Waals surface area contributed by atoms with E-state index in [0.717, 1.165) is 5.56 Å². The molecule has 0 aliphatic heterocycles. The average Bonchev–Trinajstić information content (AvgIpc) is 3.25. The minimum Gasteiger partial charge on any atom is -0.478 e. The Morgan fingerprint density at radius 3 is 2.28 bits per heavy atom. The number of hydrogen-bond acceptors (Lipinski definition) is 6. The lowest BCUT2D eigenvalue weighted by molar-refractivity contribution is 0.0697.